The van der Waals surface area contributed by atoms with Gasteiger partial charge in [-0.15, -0.1) is 11.3 Å². The number of aryl methyl sites for hydroxylation is 1. The van der Waals surface area contributed by atoms with Crippen LogP contribution in [0.25, 0.3) is 10.2 Å². The number of aromatic nitrogens is 2. The molecule has 1 saturated carbocycles. The van der Waals surface area contributed by atoms with E-state index in [4.69, 9.17) is 9.84 Å². The number of rotatable bonds is 4. The van der Waals surface area contributed by atoms with Crippen molar-refractivity contribution in [3.05, 3.63) is 16.6 Å². The molecular weight excluding hydrogens is 350 g/mol. The molecule has 3 rings (SSSR count). The lowest BCUT2D eigenvalue weighted by molar-refractivity contribution is -0.153. The summed E-state index contributed by atoms with van der Waals surface area (Å²) in [5, 5.41) is 8.40. The Kier molecular flexibility index (Phi) is 5.37. The van der Waals surface area contributed by atoms with Gasteiger partial charge in [0.2, 0.25) is 0 Å². The highest BCUT2D eigenvalue weighted by atomic mass is 32.1. The normalized spacial score (nSPS) is 16.0. The molecule has 1 aliphatic carbocycles. The molecule has 0 unspecified atom stereocenters. The van der Waals surface area contributed by atoms with Crippen LogP contribution in [0.4, 0.5) is 0 Å². The van der Waals surface area contributed by atoms with E-state index in [1.54, 1.807) is 20.8 Å². The number of carbonyl (C=O) groups is 2. The zero-order valence-corrected chi connectivity index (χ0v) is 16.7. The fourth-order valence-corrected chi connectivity index (χ4v) is 4.52. The van der Waals surface area contributed by atoms with Gasteiger partial charge in [0, 0.05) is 5.39 Å². The molecule has 0 bridgehead atoms. The van der Waals surface area contributed by atoms with Crippen LogP contribution in [0, 0.1) is 6.92 Å². The molecule has 26 heavy (non-hydrogen) atoms. The highest BCUT2D eigenvalue weighted by Crippen LogP contribution is 2.35. The number of hydrogen-bond donors (Lipinski definition) is 1. The standard InChI is InChI=1S/C19H27N3O3S/c1-12-14-10-15(17(24)20-11-16(23)25-19(2,3)4)26-18(14)22(21-12)13-8-6-5-7-9-13/h10,13H,5-9,11H2,1-4H3,(H,20,24). The van der Waals surface area contributed by atoms with Crippen LogP contribution in [0.1, 0.15) is 74.3 Å². The molecule has 0 radical (unpaired) electrons. The average molecular weight is 378 g/mol. The zero-order valence-electron chi connectivity index (χ0n) is 15.9. The number of hydrogen-bond acceptors (Lipinski definition) is 5. The van der Waals surface area contributed by atoms with Gasteiger partial charge >= 0.3 is 5.97 Å². The minimum Gasteiger partial charge on any atom is -0.459 e. The van der Waals surface area contributed by atoms with E-state index >= 15 is 0 Å². The van der Waals surface area contributed by atoms with E-state index in [2.05, 4.69) is 10.00 Å². The third kappa shape index (κ3) is 4.26. The van der Waals surface area contributed by atoms with Crippen molar-refractivity contribution < 1.29 is 14.3 Å². The Morgan fingerprint density at radius 2 is 2.00 bits per heavy atom. The molecule has 6 nitrogen and oxygen atoms in total. The first-order valence-corrected chi connectivity index (χ1v) is 10.0. The number of esters is 1. The molecule has 142 valence electrons. The Balaban J connectivity index is 1.72. The number of carbonyl (C=O) groups excluding carboxylic acids is 2. The Bertz CT molecular complexity index is 810. The summed E-state index contributed by atoms with van der Waals surface area (Å²) in [6.45, 7) is 7.27. The first kappa shape index (κ1) is 18.9. The van der Waals surface area contributed by atoms with Gasteiger partial charge in [-0.25, -0.2) is 0 Å². The molecule has 0 atom stereocenters. The maximum absolute atomic E-state index is 12.4. The maximum atomic E-state index is 12.4. The summed E-state index contributed by atoms with van der Waals surface area (Å²) >= 11 is 1.45. The van der Waals surface area contributed by atoms with Gasteiger partial charge in [-0.1, -0.05) is 19.3 Å². The number of ether oxygens (including phenoxy) is 1. The van der Waals surface area contributed by atoms with Crippen LogP contribution >= 0.6 is 11.3 Å². The summed E-state index contributed by atoms with van der Waals surface area (Å²) in [5.74, 6) is -0.678. The predicted molar refractivity (Wildman–Crippen MR) is 103 cm³/mol. The van der Waals surface area contributed by atoms with E-state index in [9.17, 15) is 9.59 Å². The highest BCUT2D eigenvalue weighted by molar-refractivity contribution is 7.20. The van der Waals surface area contributed by atoms with E-state index in [0.29, 0.717) is 10.9 Å². The summed E-state index contributed by atoms with van der Waals surface area (Å²) in [7, 11) is 0. The van der Waals surface area contributed by atoms with Crippen LogP contribution in [-0.2, 0) is 9.53 Å². The van der Waals surface area contributed by atoms with Crippen LogP contribution in [0.2, 0.25) is 0 Å². The van der Waals surface area contributed by atoms with Gasteiger partial charge in [-0.3, -0.25) is 14.3 Å². The minimum atomic E-state index is -0.556. The predicted octanol–water partition coefficient (Wildman–Crippen LogP) is 3.98. The van der Waals surface area contributed by atoms with Crippen molar-refractivity contribution in [2.45, 2.75) is 71.4 Å². The molecule has 2 aromatic heterocycles. The van der Waals surface area contributed by atoms with E-state index in [1.165, 1.54) is 30.6 Å². The first-order chi connectivity index (χ1) is 12.2. The Hall–Kier alpha value is -1.89. The van der Waals surface area contributed by atoms with Gasteiger partial charge < -0.3 is 10.1 Å². The topological polar surface area (TPSA) is 73.2 Å². The second kappa shape index (κ2) is 7.39. The molecule has 1 amide bonds. The third-order valence-electron chi connectivity index (χ3n) is 4.53. The average Bonchev–Trinajstić information content (AvgIpc) is 3.13. The fraction of sp³-hybridized carbons (Fsp3) is 0.632. The Labute approximate surface area is 157 Å². The molecule has 0 spiro atoms. The molecule has 0 aromatic carbocycles. The quantitative estimate of drug-likeness (QED) is 0.818. The molecule has 1 N–H and O–H groups in total. The van der Waals surface area contributed by atoms with Crippen LogP contribution in [0.15, 0.2) is 6.07 Å². The minimum absolute atomic E-state index is 0.127. The lowest BCUT2D eigenvalue weighted by Crippen LogP contribution is -2.34. The van der Waals surface area contributed by atoms with Gasteiger partial charge in [-0.05, 0) is 46.6 Å². The van der Waals surface area contributed by atoms with E-state index in [0.717, 1.165) is 28.8 Å². The lowest BCUT2D eigenvalue weighted by Gasteiger charge is -2.22. The van der Waals surface area contributed by atoms with Crippen LogP contribution in [0.5, 0.6) is 0 Å². The summed E-state index contributed by atoms with van der Waals surface area (Å²) < 4.78 is 7.33. The zero-order chi connectivity index (χ0) is 18.9. The van der Waals surface area contributed by atoms with Crippen molar-refractivity contribution in [1.82, 2.24) is 15.1 Å². The van der Waals surface area contributed by atoms with Crippen LogP contribution < -0.4 is 5.32 Å². The van der Waals surface area contributed by atoms with E-state index < -0.39 is 11.6 Å². The largest absolute Gasteiger partial charge is 0.459 e. The SMILES string of the molecule is Cc1nn(C2CCCCC2)c2sc(C(=O)NCC(=O)OC(C)(C)C)cc12. The number of amides is 1. The monoisotopic (exact) mass is 377 g/mol. The van der Waals surface area contributed by atoms with Crippen molar-refractivity contribution in [3.63, 3.8) is 0 Å². The van der Waals surface area contributed by atoms with Crippen molar-refractivity contribution in [2.24, 2.45) is 0 Å². The van der Waals surface area contributed by atoms with Crippen LogP contribution in [-0.4, -0.2) is 33.8 Å². The third-order valence-corrected chi connectivity index (χ3v) is 5.65. The maximum Gasteiger partial charge on any atom is 0.325 e. The lowest BCUT2D eigenvalue weighted by atomic mass is 9.96. The van der Waals surface area contributed by atoms with Gasteiger partial charge in [0.15, 0.2) is 0 Å². The fourth-order valence-electron chi connectivity index (χ4n) is 3.37. The number of fused-ring (bicyclic) bond motifs is 1. The van der Waals surface area contributed by atoms with Crippen LogP contribution in [0.3, 0.4) is 0 Å². The second-order valence-corrected chi connectivity index (χ2v) is 8.95. The Morgan fingerprint density at radius 3 is 2.65 bits per heavy atom. The van der Waals surface area contributed by atoms with E-state index in [1.807, 2.05) is 13.0 Å². The Morgan fingerprint density at radius 1 is 1.31 bits per heavy atom. The summed E-state index contributed by atoms with van der Waals surface area (Å²) in [5.41, 5.74) is 0.396. The van der Waals surface area contributed by atoms with Gasteiger partial charge in [0.25, 0.3) is 5.91 Å². The van der Waals surface area contributed by atoms with E-state index in [-0.39, 0.29) is 12.5 Å². The van der Waals surface area contributed by atoms with Gasteiger partial charge in [-0.2, -0.15) is 5.10 Å². The summed E-state index contributed by atoms with van der Waals surface area (Å²) in [6, 6.07) is 2.31. The molecule has 0 aliphatic heterocycles. The first-order valence-electron chi connectivity index (χ1n) is 9.23. The van der Waals surface area contributed by atoms with Crippen molar-refractivity contribution in [2.75, 3.05) is 6.54 Å². The molecular formula is C19H27N3O3S. The van der Waals surface area contributed by atoms with Crippen molar-refractivity contribution >= 4 is 33.4 Å². The summed E-state index contributed by atoms with van der Waals surface area (Å²) in [4.78, 5) is 25.9. The molecule has 7 heteroatoms. The molecule has 1 fully saturated rings. The number of nitrogens with zero attached hydrogens (tertiary/aromatic N) is 2. The number of nitrogens with one attached hydrogen (secondary N) is 1. The molecule has 1 aliphatic rings. The van der Waals surface area contributed by atoms with Crippen molar-refractivity contribution in [3.8, 4) is 0 Å². The summed E-state index contributed by atoms with van der Waals surface area (Å²) in [6.07, 6.45) is 6.06. The number of thiophene rings is 1. The highest BCUT2D eigenvalue weighted by Gasteiger charge is 2.23. The van der Waals surface area contributed by atoms with Gasteiger partial charge in [0.05, 0.1) is 16.6 Å². The second-order valence-electron chi connectivity index (χ2n) is 7.92. The van der Waals surface area contributed by atoms with Gasteiger partial charge in [0.1, 0.15) is 17.0 Å². The van der Waals surface area contributed by atoms with Crippen molar-refractivity contribution in [1.29, 1.82) is 0 Å². The molecule has 2 aromatic rings. The smallest absolute Gasteiger partial charge is 0.325 e. The molecule has 2 heterocycles. The molecule has 0 saturated heterocycles.